The van der Waals surface area contributed by atoms with Crippen molar-refractivity contribution in [3.63, 3.8) is 0 Å². The molecule has 0 aromatic carbocycles. The largest absolute Gasteiger partial charge is 0.388 e. The van der Waals surface area contributed by atoms with Crippen LogP contribution in [0.25, 0.3) is 0 Å². The second kappa shape index (κ2) is 9.93. The molecule has 0 saturated carbocycles. The summed E-state index contributed by atoms with van der Waals surface area (Å²) < 4.78 is 0.0571. The van der Waals surface area contributed by atoms with Crippen molar-refractivity contribution in [3.8, 4) is 0 Å². The van der Waals surface area contributed by atoms with E-state index in [1.54, 1.807) is 11.1 Å². The lowest BCUT2D eigenvalue weighted by Gasteiger charge is -2.43. The van der Waals surface area contributed by atoms with Gasteiger partial charge < -0.3 is 5.11 Å². The van der Waals surface area contributed by atoms with Crippen molar-refractivity contribution >= 4 is 17.5 Å². The molecule has 36 heavy (non-hydrogen) atoms. The third-order valence-electron chi connectivity index (χ3n) is 9.59. The van der Waals surface area contributed by atoms with Gasteiger partial charge >= 0.3 is 0 Å². The third kappa shape index (κ3) is 4.59. The van der Waals surface area contributed by atoms with E-state index in [0.717, 1.165) is 19.3 Å². The number of allylic oxidation sites excluding steroid dienone is 9. The summed E-state index contributed by atoms with van der Waals surface area (Å²) in [4.78, 5) is 5.42. The molecule has 0 spiro atoms. The molecule has 0 amide bonds. The lowest BCUT2D eigenvalue weighted by molar-refractivity contribution is 0.148. The van der Waals surface area contributed by atoms with Gasteiger partial charge in [0.05, 0.1) is 11.5 Å². The van der Waals surface area contributed by atoms with Crippen LogP contribution in [0, 0.1) is 35.0 Å². The number of nitrogens with one attached hydrogen (secondary N) is 1. The van der Waals surface area contributed by atoms with E-state index in [0.29, 0.717) is 23.7 Å². The molecule has 2 N–H and O–H groups in total. The smallest absolute Gasteiger partial charge is 0.109 e. The average molecular weight is 505 g/mol. The molecule has 0 aromatic heterocycles. The van der Waals surface area contributed by atoms with Crippen molar-refractivity contribution in [1.82, 2.24) is 5.32 Å². The highest BCUT2D eigenvalue weighted by molar-refractivity contribution is 8.01. The molecule has 5 aliphatic rings. The Balaban J connectivity index is 1.50. The van der Waals surface area contributed by atoms with Gasteiger partial charge in [0.15, 0.2) is 0 Å². The number of aliphatic hydroxyl groups excluding tert-OH is 1. The van der Waals surface area contributed by atoms with Crippen LogP contribution in [-0.2, 0) is 0 Å². The van der Waals surface area contributed by atoms with Gasteiger partial charge in [0.2, 0.25) is 0 Å². The summed E-state index contributed by atoms with van der Waals surface area (Å²) in [5.41, 5.74) is 4.78. The lowest BCUT2D eigenvalue weighted by atomic mass is 9.66. The molecule has 0 saturated heterocycles. The maximum atomic E-state index is 10.8. The minimum Gasteiger partial charge on any atom is -0.388 e. The Kier molecular flexibility index (Phi) is 7.17. The van der Waals surface area contributed by atoms with E-state index in [1.165, 1.54) is 12.1 Å². The van der Waals surface area contributed by atoms with E-state index in [9.17, 15) is 5.11 Å². The van der Waals surface area contributed by atoms with Gasteiger partial charge in [0, 0.05) is 28.7 Å². The molecule has 1 heterocycles. The monoisotopic (exact) mass is 504 g/mol. The molecule has 0 aromatic rings. The molecular formula is C32H44N2OS. The first kappa shape index (κ1) is 26.0. The van der Waals surface area contributed by atoms with E-state index in [2.05, 4.69) is 89.0 Å². The second-order valence-electron chi connectivity index (χ2n) is 12.4. The van der Waals surface area contributed by atoms with E-state index in [1.807, 2.05) is 23.9 Å². The number of hydrogen-bond donors (Lipinski definition) is 2. The molecule has 0 radical (unpaired) electrons. The fourth-order valence-electron chi connectivity index (χ4n) is 7.11. The SMILES string of the molecule is C=CC(C)C(C)(C)SC1CC(C2CC=CC3C2C2=C(C=CCC2)C3(C)C)=NC(C2C=CC=CC2O)N1. The molecule has 1 aliphatic heterocycles. The normalized spacial score (nSPS) is 37.9. The molecule has 8 unspecified atom stereocenters. The molecular weight excluding hydrogens is 460 g/mol. The van der Waals surface area contributed by atoms with Gasteiger partial charge in [0.25, 0.3) is 0 Å². The Bertz CT molecular complexity index is 1060. The zero-order valence-electron chi connectivity index (χ0n) is 22.7. The van der Waals surface area contributed by atoms with E-state index < -0.39 is 6.10 Å². The first-order valence-electron chi connectivity index (χ1n) is 13.9. The fraction of sp³-hybridized carbons (Fsp3) is 0.594. The Morgan fingerprint density at radius 2 is 2.00 bits per heavy atom. The highest BCUT2D eigenvalue weighted by atomic mass is 32.2. The van der Waals surface area contributed by atoms with Crippen LogP contribution < -0.4 is 5.32 Å². The molecule has 0 fully saturated rings. The molecule has 194 valence electrons. The topological polar surface area (TPSA) is 44.6 Å². The lowest BCUT2D eigenvalue weighted by Crippen LogP contribution is -2.51. The first-order valence-corrected chi connectivity index (χ1v) is 14.7. The number of aliphatic imine (C=N–C) groups is 1. The van der Waals surface area contributed by atoms with Gasteiger partial charge in [-0.3, -0.25) is 10.3 Å². The maximum Gasteiger partial charge on any atom is 0.109 e. The van der Waals surface area contributed by atoms with Gasteiger partial charge in [-0.15, -0.1) is 18.3 Å². The second-order valence-corrected chi connectivity index (χ2v) is 14.3. The predicted molar refractivity (Wildman–Crippen MR) is 155 cm³/mol. The minimum atomic E-state index is -0.511. The quantitative estimate of drug-likeness (QED) is 0.383. The van der Waals surface area contributed by atoms with Crippen LogP contribution in [0.15, 0.2) is 77.4 Å². The van der Waals surface area contributed by atoms with Crippen molar-refractivity contribution in [2.45, 2.75) is 82.7 Å². The Morgan fingerprint density at radius 3 is 2.75 bits per heavy atom. The van der Waals surface area contributed by atoms with Crippen molar-refractivity contribution in [2.75, 3.05) is 0 Å². The van der Waals surface area contributed by atoms with Crippen LogP contribution in [0.1, 0.15) is 60.3 Å². The van der Waals surface area contributed by atoms with Gasteiger partial charge in [0.1, 0.15) is 6.17 Å². The first-order chi connectivity index (χ1) is 17.1. The Morgan fingerprint density at radius 1 is 1.22 bits per heavy atom. The summed E-state index contributed by atoms with van der Waals surface area (Å²) in [5.74, 6) is 1.86. The van der Waals surface area contributed by atoms with Gasteiger partial charge in [-0.2, -0.15) is 0 Å². The summed E-state index contributed by atoms with van der Waals surface area (Å²) >= 11 is 2.01. The molecule has 0 bridgehead atoms. The maximum absolute atomic E-state index is 10.8. The van der Waals surface area contributed by atoms with Crippen LogP contribution >= 0.6 is 11.8 Å². The van der Waals surface area contributed by atoms with Crippen molar-refractivity contribution in [1.29, 1.82) is 0 Å². The number of fused-ring (bicyclic) bond motifs is 2. The number of nitrogens with zero attached hydrogens (tertiary/aromatic N) is 1. The van der Waals surface area contributed by atoms with Crippen molar-refractivity contribution < 1.29 is 5.11 Å². The number of aliphatic hydroxyl groups is 1. The fourth-order valence-corrected chi connectivity index (χ4v) is 8.61. The summed E-state index contributed by atoms with van der Waals surface area (Å²) in [6, 6.07) is 0. The number of rotatable bonds is 6. The zero-order valence-corrected chi connectivity index (χ0v) is 23.5. The number of hydrogen-bond acceptors (Lipinski definition) is 4. The zero-order chi connectivity index (χ0) is 25.7. The van der Waals surface area contributed by atoms with Crippen LogP contribution in [0.5, 0.6) is 0 Å². The van der Waals surface area contributed by atoms with Crippen LogP contribution in [-0.4, -0.2) is 33.2 Å². The molecule has 8 atom stereocenters. The highest BCUT2D eigenvalue weighted by Gasteiger charge is 2.51. The van der Waals surface area contributed by atoms with Crippen LogP contribution in [0.4, 0.5) is 0 Å². The molecule has 4 heteroatoms. The number of thioether (sulfide) groups is 1. The molecule has 4 aliphatic carbocycles. The van der Waals surface area contributed by atoms with Crippen molar-refractivity contribution in [3.05, 3.63) is 72.4 Å². The predicted octanol–water partition coefficient (Wildman–Crippen LogP) is 7.00. The van der Waals surface area contributed by atoms with E-state index in [4.69, 9.17) is 4.99 Å². The van der Waals surface area contributed by atoms with Gasteiger partial charge in [-0.25, -0.2) is 0 Å². The summed E-state index contributed by atoms with van der Waals surface area (Å²) in [7, 11) is 0. The average Bonchev–Trinajstić information content (AvgIpc) is 3.10. The Hall–Kier alpha value is -1.62. The van der Waals surface area contributed by atoms with Gasteiger partial charge in [-0.1, -0.05) is 94.9 Å². The summed E-state index contributed by atoms with van der Waals surface area (Å²) in [6.07, 6.45) is 23.6. The van der Waals surface area contributed by atoms with Crippen LogP contribution in [0.3, 0.4) is 0 Å². The molecule has 5 rings (SSSR count). The van der Waals surface area contributed by atoms with Crippen LogP contribution in [0.2, 0.25) is 0 Å². The highest BCUT2D eigenvalue weighted by Crippen LogP contribution is 2.59. The summed E-state index contributed by atoms with van der Waals surface area (Å²) in [6.45, 7) is 15.9. The molecule has 3 nitrogen and oxygen atoms in total. The Labute approximate surface area is 222 Å². The van der Waals surface area contributed by atoms with Crippen molar-refractivity contribution in [2.24, 2.45) is 40.0 Å². The third-order valence-corrected chi connectivity index (χ3v) is 11.2. The minimum absolute atomic E-state index is 0.0457. The van der Waals surface area contributed by atoms with Gasteiger partial charge in [-0.05, 0) is 48.0 Å². The van der Waals surface area contributed by atoms with E-state index >= 15 is 0 Å². The summed E-state index contributed by atoms with van der Waals surface area (Å²) in [5, 5.41) is 14.9. The standard InChI is InChI=1S/C32H44N2OS/c1-7-20(2)32(5,6)36-28-19-26(33-30(34-28)23-14-9-11-18-27(23)35)22-15-12-17-25-29(22)21-13-8-10-16-24(21)31(25,3)4/h7,9-12,14,16-18,20,22-23,25,27-30,34-35H,1,8,13,15,19H2,2-6H3. The van der Waals surface area contributed by atoms with E-state index in [-0.39, 0.29) is 27.6 Å².